The molecule has 7 heteroatoms. The summed E-state index contributed by atoms with van der Waals surface area (Å²) in [6.07, 6.45) is 0. The molecule has 0 fully saturated rings. The molecule has 3 aromatic rings. The number of ketones is 1. The second-order valence-corrected chi connectivity index (χ2v) is 8.69. The Morgan fingerprint density at radius 3 is 2.29 bits per heavy atom. The topological polar surface area (TPSA) is 52.2 Å². The van der Waals surface area contributed by atoms with Gasteiger partial charge in [0.1, 0.15) is 6.04 Å². The van der Waals surface area contributed by atoms with Gasteiger partial charge in [0.05, 0.1) is 19.3 Å². The fraction of sp³-hybridized carbons (Fsp3) is 0.286. The molecule has 1 aromatic heterocycles. The van der Waals surface area contributed by atoms with E-state index in [1.54, 1.807) is 0 Å². The molecule has 1 N–H and O–H groups in total. The minimum atomic E-state index is -0.285. The van der Waals surface area contributed by atoms with Gasteiger partial charge in [-0.3, -0.25) is 9.36 Å². The van der Waals surface area contributed by atoms with E-state index in [0.29, 0.717) is 15.7 Å². The van der Waals surface area contributed by atoms with Gasteiger partial charge in [0, 0.05) is 16.3 Å². The SMILES string of the molecule is C[C@@H](Sc1nnc([C@H](C)[NH+](C)C)n1-c1ccc(Cl)cc1)C(=O)c1ccccc1. The summed E-state index contributed by atoms with van der Waals surface area (Å²) in [6.45, 7) is 4.01. The Labute approximate surface area is 174 Å². The minimum Gasteiger partial charge on any atom is -0.331 e. The van der Waals surface area contributed by atoms with Crippen molar-refractivity contribution in [3.05, 3.63) is 71.0 Å². The second-order valence-electron chi connectivity index (χ2n) is 6.94. The number of carbonyl (C=O) groups excluding carboxylic acids is 1. The van der Waals surface area contributed by atoms with Crippen LogP contribution in [0.3, 0.4) is 0 Å². The average Bonchev–Trinajstić information content (AvgIpc) is 3.11. The van der Waals surface area contributed by atoms with Gasteiger partial charge in [-0.25, -0.2) is 0 Å². The largest absolute Gasteiger partial charge is 0.331 e. The zero-order valence-electron chi connectivity index (χ0n) is 16.4. The molecule has 5 nitrogen and oxygen atoms in total. The van der Waals surface area contributed by atoms with E-state index in [1.807, 2.05) is 66.1 Å². The molecule has 2 atom stereocenters. The van der Waals surface area contributed by atoms with Gasteiger partial charge in [-0.05, 0) is 38.1 Å². The fourth-order valence-electron chi connectivity index (χ4n) is 2.78. The molecule has 0 spiro atoms. The minimum absolute atomic E-state index is 0.0732. The molecule has 0 saturated heterocycles. The Morgan fingerprint density at radius 2 is 1.68 bits per heavy atom. The van der Waals surface area contributed by atoms with Crippen LogP contribution in [0.2, 0.25) is 5.02 Å². The lowest BCUT2D eigenvalue weighted by molar-refractivity contribution is -0.890. The summed E-state index contributed by atoms with van der Waals surface area (Å²) in [5, 5.41) is 9.94. The predicted molar refractivity (Wildman–Crippen MR) is 114 cm³/mol. The molecule has 146 valence electrons. The number of thioether (sulfide) groups is 1. The van der Waals surface area contributed by atoms with Crippen molar-refractivity contribution in [3.63, 3.8) is 0 Å². The van der Waals surface area contributed by atoms with E-state index < -0.39 is 0 Å². The van der Waals surface area contributed by atoms with Crippen LogP contribution in [0, 0.1) is 0 Å². The Balaban J connectivity index is 1.96. The molecule has 2 aromatic carbocycles. The summed E-state index contributed by atoms with van der Waals surface area (Å²) in [5.74, 6) is 0.924. The highest BCUT2D eigenvalue weighted by Crippen LogP contribution is 2.29. The molecule has 0 radical (unpaired) electrons. The smallest absolute Gasteiger partial charge is 0.196 e. The number of aromatic nitrogens is 3. The molecular formula is C21H24ClN4OS+. The van der Waals surface area contributed by atoms with E-state index in [1.165, 1.54) is 16.7 Å². The van der Waals surface area contributed by atoms with E-state index in [-0.39, 0.29) is 17.1 Å². The van der Waals surface area contributed by atoms with Crippen LogP contribution in [0.25, 0.3) is 5.69 Å². The standard InChI is InChI=1S/C21H23ClN4OS/c1-14(25(3)4)20-23-24-21(26(20)18-12-10-17(22)11-13-18)28-15(2)19(27)16-8-6-5-7-9-16/h5-15H,1-4H3/p+1/t14-,15+/m0/s1. The van der Waals surface area contributed by atoms with Crippen LogP contribution in [0.4, 0.5) is 0 Å². The maximum atomic E-state index is 12.8. The Bertz CT molecular complexity index is 941. The molecule has 0 bridgehead atoms. The van der Waals surface area contributed by atoms with Gasteiger partial charge in [-0.15, -0.1) is 10.2 Å². The van der Waals surface area contributed by atoms with Crippen LogP contribution in [0.5, 0.6) is 0 Å². The van der Waals surface area contributed by atoms with Crippen molar-refractivity contribution in [2.75, 3.05) is 14.1 Å². The number of benzene rings is 2. The average molecular weight is 416 g/mol. The molecule has 3 rings (SSSR count). The van der Waals surface area contributed by atoms with Gasteiger partial charge < -0.3 is 4.90 Å². The van der Waals surface area contributed by atoms with Gasteiger partial charge >= 0.3 is 0 Å². The Hall–Kier alpha value is -2.15. The van der Waals surface area contributed by atoms with Crippen LogP contribution in [-0.4, -0.2) is 39.9 Å². The first kappa shape index (κ1) is 20.6. The lowest BCUT2D eigenvalue weighted by Gasteiger charge is -2.18. The first-order valence-electron chi connectivity index (χ1n) is 9.15. The highest BCUT2D eigenvalue weighted by atomic mass is 35.5. The monoisotopic (exact) mass is 415 g/mol. The van der Waals surface area contributed by atoms with Gasteiger partial charge in [-0.2, -0.15) is 0 Å². The molecule has 0 aliphatic heterocycles. The number of Topliss-reactive ketones (excluding diaryl/α,β-unsaturated/α-hetero) is 1. The molecule has 0 amide bonds. The number of rotatable bonds is 7. The zero-order chi connectivity index (χ0) is 20.3. The number of hydrogen-bond donors (Lipinski definition) is 1. The van der Waals surface area contributed by atoms with E-state index in [4.69, 9.17) is 11.6 Å². The highest BCUT2D eigenvalue weighted by molar-refractivity contribution is 8.00. The van der Waals surface area contributed by atoms with Gasteiger partial charge in [-0.1, -0.05) is 53.7 Å². The van der Waals surface area contributed by atoms with Crippen molar-refractivity contribution >= 4 is 29.1 Å². The Morgan fingerprint density at radius 1 is 1.04 bits per heavy atom. The number of nitrogens with one attached hydrogen (secondary N) is 1. The summed E-state index contributed by atoms with van der Waals surface area (Å²) >= 11 is 7.48. The van der Waals surface area contributed by atoms with Crippen molar-refractivity contribution in [3.8, 4) is 5.69 Å². The normalized spacial score (nSPS) is 13.5. The third kappa shape index (κ3) is 4.46. The van der Waals surface area contributed by atoms with Gasteiger partial charge in [0.25, 0.3) is 0 Å². The van der Waals surface area contributed by atoms with E-state index in [2.05, 4.69) is 31.2 Å². The predicted octanol–water partition coefficient (Wildman–Crippen LogP) is 3.49. The summed E-state index contributed by atoms with van der Waals surface area (Å²) in [5.41, 5.74) is 1.63. The van der Waals surface area contributed by atoms with Crippen molar-refractivity contribution in [2.24, 2.45) is 0 Å². The van der Waals surface area contributed by atoms with Crippen LogP contribution in [0.15, 0.2) is 59.8 Å². The van der Waals surface area contributed by atoms with E-state index >= 15 is 0 Å². The van der Waals surface area contributed by atoms with Crippen molar-refractivity contribution < 1.29 is 9.69 Å². The summed E-state index contributed by atoms with van der Waals surface area (Å²) in [6, 6.07) is 17.1. The summed E-state index contributed by atoms with van der Waals surface area (Å²) in [7, 11) is 4.17. The fourth-order valence-corrected chi connectivity index (χ4v) is 3.86. The first-order chi connectivity index (χ1) is 13.4. The maximum Gasteiger partial charge on any atom is 0.196 e. The zero-order valence-corrected chi connectivity index (χ0v) is 18.0. The lowest BCUT2D eigenvalue weighted by atomic mass is 10.1. The van der Waals surface area contributed by atoms with Crippen molar-refractivity contribution in [1.82, 2.24) is 14.8 Å². The highest BCUT2D eigenvalue weighted by Gasteiger charge is 2.26. The molecule has 0 aliphatic rings. The lowest BCUT2D eigenvalue weighted by Crippen LogP contribution is -3.05. The molecule has 0 unspecified atom stereocenters. The van der Waals surface area contributed by atoms with Gasteiger partial charge in [0.15, 0.2) is 16.8 Å². The van der Waals surface area contributed by atoms with Crippen LogP contribution in [-0.2, 0) is 0 Å². The number of carbonyl (C=O) groups is 1. The van der Waals surface area contributed by atoms with Crippen molar-refractivity contribution in [1.29, 1.82) is 0 Å². The molecule has 0 saturated carbocycles. The number of halogens is 1. The Kier molecular flexibility index (Phi) is 6.54. The third-order valence-electron chi connectivity index (χ3n) is 4.71. The van der Waals surface area contributed by atoms with Crippen LogP contribution >= 0.6 is 23.4 Å². The first-order valence-corrected chi connectivity index (χ1v) is 10.4. The van der Waals surface area contributed by atoms with Crippen LogP contribution in [0.1, 0.15) is 36.1 Å². The van der Waals surface area contributed by atoms with E-state index in [0.717, 1.165) is 11.5 Å². The molecule has 0 aliphatic carbocycles. The molecule has 28 heavy (non-hydrogen) atoms. The molecule has 1 heterocycles. The second kappa shape index (κ2) is 8.90. The number of quaternary nitrogens is 1. The van der Waals surface area contributed by atoms with Gasteiger partial charge in [0.2, 0.25) is 0 Å². The molecular weight excluding hydrogens is 392 g/mol. The van der Waals surface area contributed by atoms with E-state index in [9.17, 15) is 4.79 Å². The number of hydrogen-bond acceptors (Lipinski definition) is 4. The number of nitrogens with zero attached hydrogens (tertiary/aromatic N) is 3. The third-order valence-corrected chi connectivity index (χ3v) is 6.00. The maximum absolute atomic E-state index is 12.8. The summed E-state index contributed by atoms with van der Waals surface area (Å²) < 4.78 is 2.02. The summed E-state index contributed by atoms with van der Waals surface area (Å²) in [4.78, 5) is 14.0. The van der Waals surface area contributed by atoms with Crippen molar-refractivity contribution in [2.45, 2.75) is 30.3 Å². The van der Waals surface area contributed by atoms with Crippen LogP contribution < -0.4 is 4.90 Å². The quantitative estimate of drug-likeness (QED) is 0.474.